The van der Waals surface area contributed by atoms with E-state index in [-0.39, 0.29) is 12.1 Å². The van der Waals surface area contributed by atoms with Crippen molar-refractivity contribution in [2.75, 3.05) is 13.2 Å². The highest BCUT2D eigenvalue weighted by molar-refractivity contribution is 5.09. The first-order valence-electron chi connectivity index (χ1n) is 5.36. The molecule has 4 heteroatoms. The average molecular weight is 211 g/mol. The number of imidazole rings is 1. The van der Waals surface area contributed by atoms with E-state index in [0.717, 1.165) is 24.5 Å². The summed E-state index contributed by atoms with van der Waals surface area (Å²) in [5.41, 5.74) is 1.94. The Bertz CT molecular complexity index is 322. The zero-order valence-corrected chi connectivity index (χ0v) is 10.0. The molecule has 0 saturated carbocycles. The predicted octanol–water partition coefficient (Wildman–Crippen LogP) is 0.860. The van der Waals surface area contributed by atoms with Gasteiger partial charge in [0.05, 0.1) is 24.2 Å². The van der Waals surface area contributed by atoms with E-state index in [1.54, 1.807) is 0 Å². The summed E-state index contributed by atoms with van der Waals surface area (Å²) < 4.78 is 2.08. The number of aromatic nitrogens is 2. The standard InChI is InChI=1S/C11H21N3O/c1-5-13-11(4,7-15)6-14-8-12-9(2)10(14)3/h8,13,15H,5-7H2,1-4H3. The second-order valence-electron chi connectivity index (χ2n) is 4.29. The summed E-state index contributed by atoms with van der Waals surface area (Å²) in [5.74, 6) is 0. The number of nitrogens with zero attached hydrogens (tertiary/aromatic N) is 2. The molecule has 0 aromatic carbocycles. The zero-order chi connectivity index (χ0) is 11.5. The van der Waals surface area contributed by atoms with E-state index >= 15 is 0 Å². The Kier molecular flexibility index (Phi) is 3.88. The van der Waals surface area contributed by atoms with Crippen LogP contribution in [0.15, 0.2) is 6.33 Å². The summed E-state index contributed by atoms with van der Waals surface area (Å²) in [6.07, 6.45) is 1.83. The van der Waals surface area contributed by atoms with Gasteiger partial charge in [-0.1, -0.05) is 6.92 Å². The largest absolute Gasteiger partial charge is 0.394 e. The van der Waals surface area contributed by atoms with E-state index < -0.39 is 0 Å². The summed E-state index contributed by atoms with van der Waals surface area (Å²) in [6, 6.07) is 0. The van der Waals surface area contributed by atoms with Crippen molar-refractivity contribution in [3.05, 3.63) is 17.7 Å². The fraction of sp³-hybridized carbons (Fsp3) is 0.727. The minimum atomic E-state index is -0.271. The van der Waals surface area contributed by atoms with Crippen LogP contribution in [0.25, 0.3) is 0 Å². The van der Waals surface area contributed by atoms with Crippen molar-refractivity contribution < 1.29 is 5.11 Å². The van der Waals surface area contributed by atoms with Crippen LogP contribution in [0.1, 0.15) is 25.2 Å². The first kappa shape index (κ1) is 12.2. The first-order valence-corrected chi connectivity index (χ1v) is 5.36. The van der Waals surface area contributed by atoms with Gasteiger partial charge in [0.25, 0.3) is 0 Å². The number of aliphatic hydroxyl groups excluding tert-OH is 1. The lowest BCUT2D eigenvalue weighted by Gasteiger charge is -2.29. The third-order valence-electron chi connectivity index (χ3n) is 2.82. The van der Waals surface area contributed by atoms with Crippen molar-refractivity contribution in [1.82, 2.24) is 14.9 Å². The van der Waals surface area contributed by atoms with Gasteiger partial charge in [-0.2, -0.15) is 0 Å². The van der Waals surface area contributed by atoms with E-state index in [1.807, 2.05) is 34.0 Å². The highest BCUT2D eigenvalue weighted by Crippen LogP contribution is 2.11. The number of hydrogen-bond donors (Lipinski definition) is 2. The molecule has 0 saturated heterocycles. The Hall–Kier alpha value is -0.870. The number of hydrogen-bond acceptors (Lipinski definition) is 3. The Morgan fingerprint density at radius 1 is 1.53 bits per heavy atom. The number of aryl methyl sites for hydroxylation is 1. The van der Waals surface area contributed by atoms with Crippen LogP contribution in [0.3, 0.4) is 0 Å². The van der Waals surface area contributed by atoms with Crippen molar-refractivity contribution in [3.63, 3.8) is 0 Å². The molecule has 2 N–H and O–H groups in total. The zero-order valence-electron chi connectivity index (χ0n) is 10.0. The van der Waals surface area contributed by atoms with Crippen LogP contribution in [-0.2, 0) is 6.54 Å². The van der Waals surface area contributed by atoms with Crippen LogP contribution in [0.5, 0.6) is 0 Å². The van der Waals surface area contributed by atoms with E-state index in [0.29, 0.717) is 0 Å². The summed E-state index contributed by atoms with van der Waals surface area (Å²) >= 11 is 0. The Morgan fingerprint density at radius 2 is 2.20 bits per heavy atom. The monoisotopic (exact) mass is 211 g/mol. The lowest BCUT2D eigenvalue weighted by atomic mass is 10.0. The Balaban J connectivity index is 2.79. The van der Waals surface area contributed by atoms with Crippen molar-refractivity contribution in [1.29, 1.82) is 0 Å². The molecule has 1 unspecified atom stereocenters. The summed E-state index contributed by atoms with van der Waals surface area (Å²) in [4.78, 5) is 4.25. The molecule has 0 bridgehead atoms. The quantitative estimate of drug-likeness (QED) is 0.759. The SMILES string of the molecule is CCNC(C)(CO)Cn1cnc(C)c1C. The fourth-order valence-electron chi connectivity index (χ4n) is 1.67. The summed E-state index contributed by atoms with van der Waals surface area (Å²) in [5, 5.41) is 12.7. The topological polar surface area (TPSA) is 50.1 Å². The smallest absolute Gasteiger partial charge is 0.0952 e. The number of likely N-dealkylation sites (N-methyl/N-ethyl adjacent to an activating group) is 1. The van der Waals surface area contributed by atoms with E-state index in [9.17, 15) is 5.11 Å². The minimum Gasteiger partial charge on any atom is -0.394 e. The second kappa shape index (κ2) is 4.77. The third-order valence-corrected chi connectivity index (χ3v) is 2.82. The fourth-order valence-corrected chi connectivity index (χ4v) is 1.67. The van der Waals surface area contributed by atoms with Crippen LogP contribution >= 0.6 is 0 Å². The van der Waals surface area contributed by atoms with Gasteiger partial charge in [-0.3, -0.25) is 0 Å². The average Bonchev–Trinajstić information content (AvgIpc) is 2.50. The molecule has 0 aliphatic heterocycles. The van der Waals surface area contributed by atoms with Crippen molar-refractivity contribution in [3.8, 4) is 0 Å². The second-order valence-corrected chi connectivity index (χ2v) is 4.29. The predicted molar refractivity (Wildman–Crippen MR) is 60.9 cm³/mol. The molecule has 0 radical (unpaired) electrons. The van der Waals surface area contributed by atoms with Gasteiger partial charge < -0.3 is 15.0 Å². The molecule has 0 fully saturated rings. The van der Waals surface area contributed by atoms with Gasteiger partial charge in [-0.25, -0.2) is 4.98 Å². The maximum absolute atomic E-state index is 9.38. The molecule has 0 aliphatic carbocycles. The normalized spacial score (nSPS) is 15.3. The van der Waals surface area contributed by atoms with E-state index in [4.69, 9.17) is 0 Å². The van der Waals surface area contributed by atoms with E-state index in [1.165, 1.54) is 0 Å². The Labute approximate surface area is 91.3 Å². The van der Waals surface area contributed by atoms with E-state index in [2.05, 4.69) is 14.9 Å². The van der Waals surface area contributed by atoms with Crippen molar-refractivity contribution in [2.45, 2.75) is 39.8 Å². The van der Waals surface area contributed by atoms with Crippen LogP contribution in [0.4, 0.5) is 0 Å². The molecule has 4 nitrogen and oxygen atoms in total. The molecule has 1 aromatic heterocycles. The molecule has 1 aromatic rings. The number of aliphatic hydroxyl groups is 1. The van der Waals surface area contributed by atoms with Gasteiger partial charge in [0, 0.05) is 12.2 Å². The first-order chi connectivity index (χ1) is 7.02. The highest BCUT2D eigenvalue weighted by atomic mass is 16.3. The molecule has 0 amide bonds. The van der Waals surface area contributed by atoms with Gasteiger partial charge in [0.15, 0.2) is 0 Å². The van der Waals surface area contributed by atoms with Crippen LogP contribution in [0.2, 0.25) is 0 Å². The van der Waals surface area contributed by atoms with Gasteiger partial charge >= 0.3 is 0 Å². The molecule has 1 heterocycles. The lowest BCUT2D eigenvalue weighted by Crippen LogP contribution is -2.49. The molecule has 1 rings (SSSR count). The Morgan fingerprint density at radius 3 is 2.60 bits per heavy atom. The van der Waals surface area contributed by atoms with Crippen LogP contribution in [-0.4, -0.2) is 33.3 Å². The van der Waals surface area contributed by atoms with Gasteiger partial charge in [0.2, 0.25) is 0 Å². The van der Waals surface area contributed by atoms with Gasteiger partial charge in [-0.15, -0.1) is 0 Å². The van der Waals surface area contributed by atoms with Gasteiger partial charge in [0.1, 0.15) is 0 Å². The molecule has 1 atom stereocenters. The van der Waals surface area contributed by atoms with Gasteiger partial charge in [-0.05, 0) is 27.3 Å². The van der Waals surface area contributed by atoms with Crippen molar-refractivity contribution >= 4 is 0 Å². The third kappa shape index (κ3) is 2.79. The molecular formula is C11H21N3O. The summed E-state index contributed by atoms with van der Waals surface area (Å²) in [7, 11) is 0. The maximum atomic E-state index is 9.38. The van der Waals surface area contributed by atoms with Crippen molar-refractivity contribution in [2.24, 2.45) is 0 Å². The molecule has 0 aliphatic rings. The van der Waals surface area contributed by atoms with Crippen LogP contribution < -0.4 is 5.32 Å². The van der Waals surface area contributed by atoms with Crippen LogP contribution in [0, 0.1) is 13.8 Å². The molecule has 0 spiro atoms. The summed E-state index contributed by atoms with van der Waals surface area (Å²) in [6.45, 7) is 9.82. The maximum Gasteiger partial charge on any atom is 0.0952 e. The molecular weight excluding hydrogens is 190 g/mol. The molecule has 86 valence electrons. The minimum absolute atomic E-state index is 0.123. The molecule has 15 heavy (non-hydrogen) atoms. The number of rotatable bonds is 5. The highest BCUT2D eigenvalue weighted by Gasteiger charge is 2.23. The lowest BCUT2D eigenvalue weighted by molar-refractivity contribution is 0.158. The number of nitrogens with one attached hydrogen (secondary N) is 1.